The second kappa shape index (κ2) is 6.72. The van der Waals surface area contributed by atoms with Gasteiger partial charge in [-0.15, -0.1) is 11.8 Å². The number of hydrogen-bond acceptors (Lipinski definition) is 4. The van der Waals surface area contributed by atoms with Crippen molar-refractivity contribution >= 4 is 17.4 Å². The maximum Gasteiger partial charge on any atom is 0.161 e. The number of anilines is 1. The minimum atomic E-state index is -0.318. The molecule has 0 aliphatic rings. The first-order valence-electron chi connectivity index (χ1n) is 6.44. The third kappa shape index (κ3) is 3.82. The summed E-state index contributed by atoms with van der Waals surface area (Å²) < 4.78 is 23.9. The molecule has 112 valence electrons. The molecule has 0 saturated carbocycles. The zero-order valence-electron chi connectivity index (χ0n) is 12.3. The number of benzene rings is 2. The lowest BCUT2D eigenvalue weighted by Gasteiger charge is -2.12. The third-order valence-corrected chi connectivity index (χ3v) is 4.15. The average molecular weight is 307 g/mol. The van der Waals surface area contributed by atoms with Crippen LogP contribution in [0.1, 0.15) is 11.1 Å². The smallest absolute Gasteiger partial charge is 0.161 e. The highest BCUT2D eigenvalue weighted by molar-refractivity contribution is 7.98. The van der Waals surface area contributed by atoms with E-state index in [0.717, 1.165) is 16.0 Å². The Morgan fingerprint density at radius 3 is 2.33 bits per heavy atom. The highest BCUT2D eigenvalue weighted by Crippen LogP contribution is 2.33. The monoisotopic (exact) mass is 307 g/mol. The number of ether oxygens (including phenoxy) is 2. The Hall–Kier alpha value is -1.88. The molecule has 0 saturated heterocycles. The molecule has 2 aromatic rings. The molecule has 2 aromatic carbocycles. The zero-order chi connectivity index (χ0) is 15.4. The predicted molar refractivity (Wildman–Crippen MR) is 84.7 cm³/mol. The summed E-state index contributed by atoms with van der Waals surface area (Å²) in [6.07, 6.45) is 0. The lowest BCUT2D eigenvalue weighted by atomic mass is 10.1. The van der Waals surface area contributed by atoms with Crippen molar-refractivity contribution in [2.75, 3.05) is 20.0 Å². The Morgan fingerprint density at radius 2 is 1.71 bits per heavy atom. The van der Waals surface area contributed by atoms with E-state index in [1.807, 2.05) is 19.1 Å². The van der Waals surface area contributed by atoms with Crippen LogP contribution in [-0.2, 0) is 5.75 Å². The number of rotatable bonds is 5. The summed E-state index contributed by atoms with van der Waals surface area (Å²) in [6, 6.07) is 8.45. The maximum absolute atomic E-state index is 13.3. The first-order valence-corrected chi connectivity index (χ1v) is 7.42. The van der Waals surface area contributed by atoms with Gasteiger partial charge in [0.05, 0.1) is 14.2 Å². The number of nitrogen functional groups attached to an aromatic ring is 1. The normalized spacial score (nSPS) is 10.5. The van der Waals surface area contributed by atoms with Gasteiger partial charge >= 0.3 is 0 Å². The molecule has 5 heteroatoms. The molecule has 0 amide bonds. The summed E-state index contributed by atoms with van der Waals surface area (Å²) in [5, 5.41) is 0. The number of nitrogens with two attached hydrogens (primary N) is 1. The van der Waals surface area contributed by atoms with Crippen molar-refractivity contribution in [2.45, 2.75) is 17.6 Å². The number of aryl methyl sites for hydroxylation is 1. The van der Waals surface area contributed by atoms with E-state index in [4.69, 9.17) is 15.2 Å². The topological polar surface area (TPSA) is 44.5 Å². The summed E-state index contributed by atoms with van der Waals surface area (Å²) in [5.74, 6) is 1.78. The van der Waals surface area contributed by atoms with Gasteiger partial charge in [-0.1, -0.05) is 0 Å². The average Bonchev–Trinajstić information content (AvgIpc) is 2.44. The molecular weight excluding hydrogens is 289 g/mol. The van der Waals surface area contributed by atoms with Crippen molar-refractivity contribution in [1.82, 2.24) is 0 Å². The van der Waals surface area contributed by atoms with E-state index in [9.17, 15) is 4.39 Å². The van der Waals surface area contributed by atoms with Gasteiger partial charge in [-0.3, -0.25) is 0 Å². The summed E-state index contributed by atoms with van der Waals surface area (Å²) in [5.41, 5.74) is 8.30. The fraction of sp³-hybridized carbons (Fsp3) is 0.250. The molecule has 3 nitrogen and oxygen atoms in total. The minimum absolute atomic E-state index is 0.318. The van der Waals surface area contributed by atoms with Gasteiger partial charge in [0.2, 0.25) is 0 Å². The molecule has 0 aliphatic carbocycles. The van der Waals surface area contributed by atoms with Crippen LogP contribution in [-0.4, -0.2) is 14.2 Å². The van der Waals surface area contributed by atoms with Crippen LogP contribution >= 0.6 is 11.8 Å². The van der Waals surface area contributed by atoms with Crippen molar-refractivity contribution in [3.63, 3.8) is 0 Å². The SMILES string of the molecule is COc1cc(C)c(CSc2cc(N)cc(F)c2)cc1OC. The van der Waals surface area contributed by atoms with Crippen molar-refractivity contribution in [3.8, 4) is 11.5 Å². The van der Waals surface area contributed by atoms with E-state index in [1.54, 1.807) is 20.3 Å². The van der Waals surface area contributed by atoms with E-state index in [-0.39, 0.29) is 5.82 Å². The highest BCUT2D eigenvalue weighted by atomic mass is 32.2. The fourth-order valence-corrected chi connectivity index (χ4v) is 3.06. The molecule has 0 spiro atoms. The molecule has 2 N–H and O–H groups in total. The molecule has 0 atom stereocenters. The molecule has 0 aromatic heterocycles. The van der Waals surface area contributed by atoms with Gasteiger partial charge in [-0.05, 0) is 48.4 Å². The van der Waals surface area contributed by atoms with Gasteiger partial charge in [0.1, 0.15) is 5.82 Å². The van der Waals surface area contributed by atoms with Gasteiger partial charge in [0.25, 0.3) is 0 Å². The summed E-state index contributed by atoms with van der Waals surface area (Å²) in [4.78, 5) is 0.807. The third-order valence-electron chi connectivity index (χ3n) is 3.13. The molecule has 21 heavy (non-hydrogen) atoms. The number of methoxy groups -OCH3 is 2. The lowest BCUT2D eigenvalue weighted by Crippen LogP contribution is -1.95. The Balaban J connectivity index is 2.19. The van der Waals surface area contributed by atoms with Crippen LogP contribution in [0.25, 0.3) is 0 Å². The van der Waals surface area contributed by atoms with E-state index >= 15 is 0 Å². The minimum Gasteiger partial charge on any atom is -0.493 e. The Morgan fingerprint density at radius 1 is 1.05 bits per heavy atom. The molecule has 2 rings (SSSR count). The maximum atomic E-state index is 13.3. The van der Waals surface area contributed by atoms with Gasteiger partial charge in [-0.25, -0.2) is 4.39 Å². The van der Waals surface area contributed by atoms with Crippen molar-refractivity contribution in [2.24, 2.45) is 0 Å². The van der Waals surface area contributed by atoms with Crippen LogP contribution in [0.2, 0.25) is 0 Å². The predicted octanol–water partition coefficient (Wildman–Crippen LogP) is 4.03. The number of halogens is 1. The van der Waals surface area contributed by atoms with E-state index in [0.29, 0.717) is 22.9 Å². The first kappa shape index (κ1) is 15.5. The summed E-state index contributed by atoms with van der Waals surface area (Å²) in [6.45, 7) is 2.01. The van der Waals surface area contributed by atoms with Gasteiger partial charge in [0, 0.05) is 16.3 Å². The molecule has 0 aliphatic heterocycles. The fourth-order valence-electron chi connectivity index (χ4n) is 2.01. The molecule has 0 unspecified atom stereocenters. The Kier molecular flexibility index (Phi) is 4.96. The van der Waals surface area contributed by atoms with Gasteiger partial charge < -0.3 is 15.2 Å². The second-order valence-corrected chi connectivity index (χ2v) is 5.69. The molecule has 0 radical (unpaired) electrons. The van der Waals surface area contributed by atoms with Crippen molar-refractivity contribution in [3.05, 3.63) is 47.3 Å². The zero-order valence-corrected chi connectivity index (χ0v) is 13.1. The molecular formula is C16H18FNO2S. The van der Waals surface area contributed by atoms with Crippen LogP contribution in [0.5, 0.6) is 11.5 Å². The van der Waals surface area contributed by atoms with Crippen molar-refractivity contribution in [1.29, 1.82) is 0 Å². The van der Waals surface area contributed by atoms with E-state index < -0.39 is 0 Å². The second-order valence-electron chi connectivity index (χ2n) is 4.64. The van der Waals surface area contributed by atoms with Crippen LogP contribution in [0.3, 0.4) is 0 Å². The summed E-state index contributed by atoms with van der Waals surface area (Å²) >= 11 is 1.53. The molecule has 0 heterocycles. The largest absolute Gasteiger partial charge is 0.493 e. The van der Waals surface area contributed by atoms with E-state index in [2.05, 4.69) is 0 Å². The quantitative estimate of drug-likeness (QED) is 0.669. The number of thioether (sulfide) groups is 1. The van der Waals surface area contributed by atoms with Crippen LogP contribution in [0.15, 0.2) is 35.2 Å². The van der Waals surface area contributed by atoms with Gasteiger partial charge in [0.15, 0.2) is 11.5 Å². The summed E-state index contributed by atoms with van der Waals surface area (Å²) in [7, 11) is 3.22. The van der Waals surface area contributed by atoms with E-state index in [1.165, 1.54) is 23.9 Å². The van der Waals surface area contributed by atoms with Crippen LogP contribution in [0.4, 0.5) is 10.1 Å². The standard InChI is InChI=1S/C16H18FNO2S/c1-10-4-15(19-2)16(20-3)5-11(10)9-21-14-7-12(17)6-13(18)8-14/h4-8H,9,18H2,1-3H3. The van der Waals surface area contributed by atoms with Crippen LogP contribution < -0.4 is 15.2 Å². The lowest BCUT2D eigenvalue weighted by molar-refractivity contribution is 0.354. The molecule has 0 fully saturated rings. The Labute approximate surface area is 128 Å². The van der Waals surface area contributed by atoms with Crippen LogP contribution in [0, 0.1) is 12.7 Å². The van der Waals surface area contributed by atoms with Crippen molar-refractivity contribution < 1.29 is 13.9 Å². The van der Waals surface area contributed by atoms with Gasteiger partial charge in [-0.2, -0.15) is 0 Å². The first-order chi connectivity index (χ1) is 10.0. The highest BCUT2D eigenvalue weighted by Gasteiger charge is 2.09. The number of hydrogen-bond donors (Lipinski definition) is 1. The molecule has 0 bridgehead atoms. The Bertz CT molecular complexity index is 626.